The molecule has 8 nitrogen and oxygen atoms in total. The van der Waals surface area contributed by atoms with Gasteiger partial charge in [0.25, 0.3) is 0 Å². The largest absolute Gasteiger partial charge is 0.473 e. The number of carboxylic acid groups (broad SMARTS) is 2. The average molecular weight is 595 g/mol. The summed E-state index contributed by atoms with van der Waals surface area (Å²) in [7, 11) is 0. The highest BCUT2D eigenvalue weighted by Gasteiger charge is 2.24. The maximum Gasteiger partial charge on any atom is 0.414 e. The molecule has 9 heteroatoms. The van der Waals surface area contributed by atoms with Crippen LogP contribution in [0.2, 0.25) is 0 Å². The van der Waals surface area contributed by atoms with E-state index in [1.54, 1.807) is 0 Å². The summed E-state index contributed by atoms with van der Waals surface area (Å²) >= 11 is 1.87. The smallest absolute Gasteiger partial charge is 0.414 e. The molecule has 4 aromatic carbocycles. The molecule has 1 atom stereocenters. The first-order chi connectivity index (χ1) is 20.9. The van der Waals surface area contributed by atoms with Crippen LogP contribution in [0.4, 0.5) is 11.4 Å². The van der Waals surface area contributed by atoms with E-state index in [0.717, 1.165) is 43.9 Å². The zero-order chi connectivity index (χ0) is 30.2. The second kappa shape index (κ2) is 14.0. The lowest BCUT2D eigenvalue weighted by Crippen LogP contribution is -2.33. The summed E-state index contributed by atoms with van der Waals surface area (Å²) in [5.41, 5.74) is 6.20. The Balaban J connectivity index is 0.000000559. The first-order valence-electron chi connectivity index (χ1n) is 14.2. The fourth-order valence-electron chi connectivity index (χ4n) is 5.18. The van der Waals surface area contributed by atoms with Crippen molar-refractivity contribution in [3.63, 3.8) is 0 Å². The van der Waals surface area contributed by atoms with Gasteiger partial charge < -0.3 is 25.0 Å². The van der Waals surface area contributed by atoms with Crippen molar-refractivity contribution >= 4 is 46.1 Å². The highest BCUT2D eigenvalue weighted by molar-refractivity contribution is 7.99. The summed E-state index contributed by atoms with van der Waals surface area (Å²) in [5, 5.41) is 18.5. The molecular weight excluding hydrogens is 560 g/mol. The number of rotatable bonds is 9. The van der Waals surface area contributed by atoms with E-state index in [4.69, 9.17) is 24.8 Å². The molecule has 0 radical (unpaired) electrons. The fraction of sp³-hybridized carbons (Fsp3) is 0.206. The molecule has 0 amide bonds. The molecule has 2 heterocycles. The van der Waals surface area contributed by atoms with Gasteiger partial charge in [-0.05, 0) is 54.4 Å². The van der Waals surface area contributed by atoms with Crippen molar-refractivity contribution in [2.45, 2.75) is 29.7 Å². The van der Waals surface area contributed by atoms with Gasteiger partial charge in [0.05, 0.1) is 22.4 Å². The van der Waals surface area contributed by atoms with Crippen LogP contribution in [0.5, 0.6) is 0 Å². The van der Waals surface area contributed by atoms with E-state index >= 15 is 0 Å². The van der Waals surface area contributed by atoms with Gasteiger partial charge >= 0.3 is 11.9 Å². The third-order valence-electron chi connectivity index (χ3n) is 7.15. The Hall–Kier alpha value is -4.60. The van der Waals surface area contributed by atoms with Crippen molar-refractivity contribution in [3.05, 3.63) is 115 Å². The second-order valence-corrected chi connectivity index (χ2v) is 11.5. The lowest BCUT2D eigenvalue weighted by Gasteiger charge is -2.34. The number of nitrogens with zero attached hydrogens (tertiary/aromatic N) is 3. The van der Waals surface area contributed by atoms with Crippen LogP contribution in [0.1, 0.15) is 18.3 Å². The summed E-state index contributed by atoms with van der Waals surface area (Å²) in [5.74, 6) is -2.03. The number of nitrogens with one attached hydrogen (secondary N) is 1. The number of imidazole rings is 1. The Labute approximate surface area is 255 Å². The number of carbonyl (C=O) groups is 2. The van der Waals surface area contributed by atoms with Gasteiger partial charge in [0.15, 0.2) is 0 Å². The van der Waals surface area contributed by atoms with E-state index in [1.165, 1.54) is 32.2 Å². The molecule has 5 aromatic rings. The van der Waals surface area contributed by atoms with Crippen LogP contribution in [0.15, 0.2) is 113 Å². The minimum atomic E-state index is -1.82. The van der Waals surface area contributed by atoms with Crippen LogP contribution in [0.3, 0.4) is 0 Å². The number of hydrogen-bond acceptors (Lipinski definition) is 6. The van der Waals surface area contributed by atoms with Gasteiger partial charge in [-0.1, -0.05) is 85.4 Å². The number of aromatic nitrogens is 2. The summed E-state index contributed by atoms with van der Waals surface area (Å²) in [6.07, 6.45) is 0.845. The molecule has 0 bridgehead atoms. The predicted octanol–water partition coefficient (Wildman–Crippen LogP) is 6.31. The molecule has 1 aliphatic heterocycles. The standard InChI is InChI=1S/C32H32N4S.C2H2O4/c1-24(23-36-28-15-7-9-17-30(28)37-31-18-10-8-16-29(31)36)22-33-19-20-35-27-14-6-5-13-26(27)34-32(35)21-25-11-3-2-4-12-25;3-1(4)2(5)6/h2-18,24,33H,19-23H2,1H3;(H,3,4)(H,5,6). The van der Waals surface area contributed by atoms with Gasteiger partial charge in [0, 0.05) is 35.8 Å². The number of carboxylic acids is 2. The number of para-hydroxylation sites is 4. The molecule has 1 unspecified atom stereocenters. The van der Waals surface area contributed by atoms with E-state index < -0.39 is 11.9 Å². The van der Waals surface area contributed by atoms with Crippen LogP contribution >= 0.6 is 11.8 Å². The molecule has 6 rings (SSSR count). The molecule has 43 heavy (non-hydrogen) atoms. The predicted molar refractivity (Wildman–Crippen MR) is 170 cm³/mol. The van der Waals surface area contributed by atoms with Gasteiger partial charge in [-0.2, -0.15) is 0 Å². The highest BCUT2D eigenvalue weighted by Crippen LogP contribution is 2.47. The quantitative estimate of drug-likeness (QED) is 0.135. The Bertz CT molecular complexity index is 1650. The Morgan fingerprint density at radius 2 is 1.40 bits per heavy atom. The Kier molecular flexibility index (Phi) is 9.76. The second-order valence-electron chi connectivity index (χ2n) is 10.4. The van der Waals surface area contributed by atoms with Gasteiger partial charge in [-0.15, -0.1) is 0 Å². The molecule has 0 aliphatic carbocycles. The molecule has 0 saturated heterocycles. The van der Waals surface area contributed by atoms with Crippen molar-refractivity contribution in [2.24, 2.45) is 5.92 Å². The summed E-state index contributed by atoms with van der Waals surface area (Å²) in [6, 6.07) is 36.6. The van der Waals surface area contributed by atoms with Gasteiger partial charge in [0.2, 0.25) is 0 Å². The summed E-state index contributed by atoms with van der Waals surface area (Å²) < 4.78 is 2.38. The first kappa shape index (κ1) is 29.9. The third-order valence-corrected chi connectivity index (χ3v) is 8.28. The lowest BCUT2D eigenvalue weighted by molar-refractivity contribution is -0.159. The topological polar surface area (TPSA) is 108 Å². The van der Waals surface area contributed by atoms with Gasteiger partial charge in [0.1, 0.15) is 5.82 Å². The average Bonchev–Trinajstić information content (AvgIpc) is 3.36. The van der Waals surface area contributed by atoms with Crippen LogP contribution in [0, 0.1) is 5.92 Å². The van der Waals surface area contributed by atoms with Gasteiger partial charge in [-0.3, -0.25) is 0 Å². The minimum Gasteiger partial charge on any atom is -0.473 e. The molecule has 0 fully saturated rings. The number of hydrogen-bond donors (Lipinski definition) is 3. The van der Waals surface area contributed by atoms with Crippen LogP contribution < -0.4 is 10.2 Å². The summed E-state index contributed by atoms with van der Waals surface area (Å²) in [4.78, 5) is 28.3. The lowest BCUT2D eigenvalue weighted by atomic mass is 10.1. The molecule has 1 aliphatic rings. The van der Waals surface area contributed by atoms with Crippen LogP contribution in [-0.2, 0) is 22.6 Å². The molecule has 1 aromatic heterocycles. The maximum absolute atomic E-state index is 9.10. The van der Waals surface area contributed by atoms with E-state index in [-0.39, 0.29) is 0 Å². The Morgan fingerprint density at radius 1 is 0.814 bits per heavy atom. The Morgan fingerprint density at radius 3 is 2.05 bits per heavy atom. The first-order valence-corrected chi connectivity index (χ1v) is 15.0. The maximum atomic E-state index is 9.10. The number of fused-ring (bicyclic) bond motifs is 3. The minimum absolute atomic E-state index is 0.493. The number of aliphatic carboxylic acids is 2. The van der Waals surface area contributed by atoms with E-state index in [9.17, 15) is 0 Å². The zero-order valence-corrected chi connectivity index (χ0v) is 24.7. The van der Waals surface area contributed by atoms with Crippen LogP contribution in [-0.4, -0.2) is 51.3 Å². The normalized spacial score (nSPS) is 12.5. The third kappa shape index (κ3) is 7.43. The monoisotopic (exact) mass is 594 g/mol. The van der Waals surface area contributed by atoms with E-state index in [0.29, 0.717) is 5.92 Å². The molecule has 0 saturated carbocycles. The fourth-order valence-corrected chi connectivity index (χ4v) is 6.28. The van der Waals surface area contributed by atoms with Crippen molar-refractivity contribution in [2.75, 3.05) is 24.5 Å². The van der Waals surface area contributed by atoms with Crippen molar-refractivity contribution in [1.82, 2.24) is 14.9 Å². The van der Waals surface area contributed by atoms with E-state index in [1.807, 2.05) is 11.8 Å². The molecular formula is C34H34N4O4S. The molecule has 0 spiro atoms. The zero-order valence-electron chi connectivity index (χ0n) is 23.9. The van der Waals surface area contributed by atoms with E-state index in [2.05, 4.69) is 125 Å². The highest BCUT2D eigenvalue weighted by atomic mass is 32.2. The summed E-state index contributed by atoms with van der Waals surface area (Å²) in [6.45, 7) is 6.10. The van der Waals surface area contributed by atoms with Crippen molar-refractivity contribution < 1.29 is 19.8 Å². The molecule has 3 N–H and O–H groups in total. The van der Waals surface area contributed by atoms with Gasteiger partial charge in [-0.25, -0.2) is 14.6 Å². The number of benzene rings is 4. The van der Waals surface area contributed by atoms with Crippen LogP contribution in [0.25, 0.3) is 11.0 Å². The van der Waals surface area contributed by atoms with Crippen molar-refractivity contribution in [3.8, 4) is 0 Å². The number of anilines is 2. The van der Waals surface area contributed by atoms with Crippen molar-refractivity contribution in [1.29, 1.82) is 0 Å². The SMILES string of the molecule is CC(CNCCn1c(Cc2ccccc2)nc2ccccc21)CN1c2ccccc2Sc2ccccc21.O=C(O)C(=O)O. The molecule has 220 valence electrons.